The predicted molar refractivity (Wildman–Crippen MR) is 78.2 cm³/mol. The fraction of sp³-hybridized carbons (Fsp3) is 0.938. The first-order valence-corrected chi connectivity index (χ1v) is 8.21. The molecule has 3 rings (SSSR count). The van der Waals surface area contributed by atoms with Crippen molar-refractivity contribution in [1.82, 2.24) is 10.2 Å². The molecule has 0 radical (unpaired) electrons. The maximum Gasteiger partial charge on any atom is 0.240 e. The maximum absolute atomic E-state index is 12.5. The maximum atomic E-state index is 12.5. The summed E-state index contributed by atoms with van der Waals surface area (Å²) in [5.74, 6) is 0.979. The van der Waals surface area contributed by atoms with E-state index in [0.717, 1.165) is 19.6 Å². The lowest BCUT2D eigenvalue weighted by Gasteiger charge is -2.32. The van der Waals surface area contributed by atoms with Crippen LogP contribution in [0.15, 0.2) is 0 Å². The van der Waals surface area contributed by atoms with Gasteiger partial charge in [-0.15, -0.1) is 0 Å². The van der Waals surface area contributed by atoms with Crippen LogP contribution in [0.25, 0.3) is 0 Å². The largest absolute Gasteiger partial charge is 0.385 e. The van der Waals surface area contributed by atoms with Gasteiger partial charge in [0.05, 0.1) is 12.2 Å². The molecule has 4 heteroatoms. The van der Waals surface area contributed by atoms with E-state index in [2.05, 4.69) is 10.2 Å². The van der Waals surface area contributed by atoms with Gasteiger partial charge in [0.1, 0.15) is 0 Å². The lowest BCUT2D eigenvalue weighted by molar-refractivity contribution is -0.131. The summed E-state index contributed by atoms with van der Waals surface area (Å²) in [5, 5.41) is 3.55. The topological polar surface area (TPSA) is 41.6 Å². The van der Waals surface area contributed by atoms with Gasteiger partial charge < -0.3 is 9.64 Å². The highest BCUT2D eigenvalue weighted by molar-refractivity contribution is 5.84. The van der Waals surface area contributed by atoms with Crippen molar-refractivity contribution in [2.45, 2.75) is 64.1 Å². The van der Waals surface area contributed by atoms with E-state index in [4.69, 9.17) is 4.74 Å². The van der Waals surface area contributed by atoms with Crippen molar-refractivity contribution < 1.29 is 9.53 Å². The molecule has 1 amide bonds. The van der Waals surface area contributed by atoms with E-state index >= 15 is 0 Å². The molecule has 0 aromatic rings. The average molecular weight is 280 g/mol. The Morgan fingerprint density at radius 1 is 1.35 bits per heavy atom. The highest BCUT2D eigenvalue weighted by Crippen LogP contribution is 2.50. The highest BCUT2D eigenvalue weighted by atomic mass is 16.5. The number of carbonyl (C=O) groups excluding carboxylic acids is 1. The first-order valence-electron chi connectivity index (χ1n) is 8.21. The molecule has 1 N–H and O–H groups in total. The van der Waals surface area contributed by atoms with E-state index in [0.29, 0.717) is 23.4 Å². The highest BCUT2D eigenvalue weighted by Gasteiger charge is 2.49. The van der Waals surface area contributed by atoms with Gasteiger partial charge in [-0.3, -0.25) is 10.1 Å². The van der Waals surface area contributed by atoms with Gasteiger partial charge >= 0.3 is 0 Å². The molecule has 114 valence electrons. The van der Waals surface area contributed by atoms with Crippen LogP contribution >= 0.6 is 0 Å². The molecule has 0 bridgehead atoms. The molecule has 3 aliphatic rings. The standard InChI is InChI=1S/C16H28N2O2/c1-12-15(19)18(11-16(7-8-16)9-10-20-2)14(17-12)13-5-3-4-6-13/h12-14,17H,3-11H2,1-2H3. The molecule has 2 saturated carbocycles. The molecule has 2 unspecified atom stereocenters. The Bertz CT molecular complexity index is 361. The molecular formula is C16H28N2O2. The Kier molecular flexibility index (Phi) is 4.04. The number of carbonyl (C=O) groups is 1. The summed E-state index contributed by atoms with van der Waals surface area (Å²) >= 11 is 0. The molecule has 1 saturated heterocycles. The Balaban J connectivity index is 1.66. The third-order valence-electron chi connectivity index (χ3n) is 5.56. The second-order valence-electron chi connectivity index (χ2n) is 7.09. The van der Waals surface area contributed by atoms with Crippen LogP contribution in [0.3, 0.4) is 0 Å². The quantitative estimate of drug-likeness (QED) is 0.810. The molecule has 3 fully saturated rings. The minimum atomic E-state index is -0.00109. The lowest BCUT2D eigenvalue weighted by Crippen LogP contribution is -2.45. The van der Waals surface area contributed by atoms with Crippen molar-refractivity contribution in [3.8, 4) is 0 Å². The van der Waals surface area contributed by atoms with Crippen LogP contribution in [0.1, 0.15) is 51.9 Å². The first-order chi connectivity index (χ1) is 9.65. The van der Waals surface area contributed by atoms with E-state index in [1.165, 1.54) is 38.5 Å². The monoisotopic (exact) mass is 280 g/mol. The number of methoxy groups -OCH3 is 1. The molecule has 0 aromatic carbocycles. The molecular weight excluding hydrogens is 252 g/mol. The van der Waals surface area contributed by atoms with Crippen LogP contribution in [-0.4, -0.2) is 43.3 Å². The Morgan fingerprint density at radius 3 is 2.65 bits per heavy atom. The van der Waals surface area contributed by atoms with Crippen molar-refractivity contribution in [3.63, 3.8) is 0 Å². The van der Waals surface area contributed by atoms with E-state index in [1.807, 2.05) is 6.92 Å². The van der Waals surface area contributed by atoms with Gasteiger partial charge in [0.25, 0.3) is 0 Å². The number of ether oxygens (including phenoxy) is 1. The van der Waals surface area contributed by atoms with Gasteiger partial charge in [0.15, 0.2) is 0 Å². The van der Waals surface area contributed by atoms with E-state index < -0.39 is 0 Å². The van der Waals surface area contributed by atoms with Gasteiger partial charge in [-0.2, -0.15) is 0 Å². The fourth-order valence-electron chi connectivity index (χ4n) is 3.99. The van der Waals surface area contributed by atoms with E-state index in [-0.39, 0.29) is 6.04 Å². The van der Waals surface area contributed by atoms with Gasteiger partial charge in [0, 0.05) is 20.3 Å². The zero-order valence-corrected chi connectivity index (χ0v) is 12.9. The zero-order valence-electron chi connectivity index (χ0n) is 12.9. The van der Waals surface area contributed by atoms with Crippen molar-refractivity contribution in [3.05, 3.63) is 0 Å². The number of amides is 1. The Morgan fingerprint density at radius 2 is 2.05 bits per heavy atom. The first kappa shape index (κ1) is 14.3. The number of hydrogen-bond donors (Lipinski definition) is 1. The molecule has 1 heterocycles. The van der Waals surface area contributed by atoms with Crippen molar-refractivity contribution in [1.29, 1.82) is 0 Å². The summed E-state index contributed by atoms with van der Waals surface area (Å²) in [6.07, 6.45) is 9.11. The second kappa shape index (κ2) is 5.64. The average Bonchev–Trinajstić information content (AvgIpc) is 2.88. The van der Waals surface area contributed by atoms with Crippen LogP contribution < -0.4 is 5.32 Å². The normalized spacial score (nSPS) is 33.1. The molecule has 2 aliphatic carbocycles. The van der Waals surface area contributed by atoms with Crippen molar-refractivity contribution >= 4 is 5.91 Å². The summed E-state index contributed by atoms with van der Waals surface area (Å²) in [6, 6.07) is -0.00109. The Hall–Kier alpha value is -0.610. The molecule has 1 aliphatic heterocycles. The third kappa shape index (κ3) is 2.73. The van der Waals surface area contributed by atoms with Crippen LogP contribution in [0, 0.1) is 11.3 Å². The number of nitrogens with zero attached hydrogens (tertiary/aromatic N) is 1. The predicted octanol–water partition coefficient (Wildman–Crippen LogP) is 2.14. The summed E-state index contributed by atoms with van der Waals surface area (Å²) < 4.78 is 5.24. The van der Waals surface area contributed by atoms with Gasteiger partial charge in [-0.25, -0.2) is 0 Å². The fourth-order valence-corrected chi connectivity index (χ4v) is 3.99. The van der Waals surface area contributed by atoms with Crippen LogP contribution in [-0.2, 0) is 9.53 Å². The number of nitrogens with one attached hydrogen (secondary N) is 1. The summed E-state index contributed by atoms with van der Waals surface area (Å²) in [5.41, 5.74) is 0.355. The van der Waals surface area contributed by atoms with Gasteiger partial charge in [0.2, 0.25) is 5.91 Å². The second-order valence-corrected chi connectivity index (χ2v) is 7.09. The molecule has 20 heavy (non-hydrogen) atoms. The SMILES string of the molecule is COCCC1(CN2C(=O)C(C)NC2C2CCCC2)CC1. The minimum absolute atomic E-state index is 0.00109. The van der Waals surface area contributed by atoms with E-state index in [9.17, 15) is 4.79 Å². The van der Waals surface area contributed by atoms with Crippen LogP contribution in [0.5, 0.6) is 0 Å². The molecule has 2 atom stereocenters. The summed E-state index contributed by atoms with van der Waals surface area (Å²) in [7, 11) is 1.77. The lowest BCUT2D eigenvalue weighted by atomic mass is 9.99. The smallest absolute Gasteiger partial charge is 0.240 e. The zero-order chi connectivity index (χ0) is 14.2. The van der Waals surface area contributed by atoms with Crippen LogP contribution in [0.2, 0.25) is 0 Å². The van der Waals surface area contributed by atoms with Crippen LogP contribution in [0.4, 0.5) is 0 Å². The molecule has 0 spiro atoms. The van der Waals surface area contributed by atoms with Crippen molar-refractivity contribution in [2.24, 2.45) is 11.3 Å². The van der Waals surface area contributed by atoms with Gasteiger partial charge in [-0.05, 0) is 50.4 Å². The third-order valence-corrected chi connectivity index (χ3v) is 5.56. The van der Waals surface area contributed by atoms with E-state index in [1.54, 1.807) is 7.11 Å². The molecule has 0 aromatic heterocycles. The summed E-state index contributed by atoms with van der Waals surface area (Å²) in [4.78, 5) is 14.7. The number of rotatable bonds is 6. The summed E-state index contributed by atoms with van der Waals surface area (Å²) in [6.45, 7) is 3.77. The molecule has 4 nitrogen and oxygen atoms in total. The van der Waals surface area contributed by atoms with Crippen molar-refractivity contribution in [2.75, 3.05) is 20.3 Å². The Labute approximate surface area is 122 Å². The van der Waals surface area contributed by atoms with Gasteiger partial charge in [-0.1, -0.05) is 12.8 Å². The minimum Gasteiger partial charge on any atom is -0.385 e. The number of hydrogen-bond acceptors (Lipinski definition) is 3.